The van der Waals surface area contributed by atoms with E-state index < -0.39 is 12.1 Å². The van der Waals surface area contributed by atoms with Crippen LogP contribution >= 0.6 is 11.3 Å². The number of nitrogens with one attached hydrogen (secondary N) is 2. The van der Waals surface area contributed by atoms with E-state index in [0.29, 0.717) is 5.69 Å². The second-order valence-electron chi connectivity index (χ2n) is 5.28. The summed E-state index contributed by atoms with van der Waals surface area (Å²) in [5.74, 6) is -0.282. The third kappa shape index (κ3) is 3.73. The number of fused-ring (bicyclic) bond motifs is 1. The Kier molecular flexibility index (Phi) is 4.97. The molecule has 22 heavy (non-hydrogen) atoms. The molecule has 3 amide bonds. The van der Waals surface area contributed by atoms with E-state index in [4.69, 9.17) is 5.73 Å². The third-order valence-corrected chi connectivity index (χ3v) is 4.49. The second kappa shape index (κ2) is 6.74. The molecule has 0 saturated heterocycles. The van der Waals surface area contributed by atoms with Gasteiger partial charge in [0.25, 0.3) is 0 Å². The maximum atomic E-state index is 12.4. The topological polar surface area (TPSA) is 97.1 Å². The summed E-state index contributed by atoms with van der Waals surface area (Å²) in [7, 11) is 0. The maximum absolute atomic E-state index is 12.4. The summed E-state index contributed by atoms with van der Waals surface area (Å²) in [4.78, 5) is 27.9. The number of carbonyl (C=O) groups excluding carboxylic acids is 2. The van der Waals surface area contributed by atoms with Gasteiger partial charge in [0.05, 0.1) is 15.2 Å². The molecule has 7 heteroatoms. The largest absolute Gasteiger partial charge is 0.352 e. The molecule has 6 nitrogen and oxygen atoms in total. The van der Waals surface area contributed by atoms with Crippen LogP contribution in [0.4, 0.5) is 10.5 Å². The molecule has 0 bridgehead atoms. The highest BCUT2D eigenvalue weighted by atomic mass is 32.1. The molecule has 0 spiro atoms. The highest BCUT2D eigenvalue weighted by molar-refractivity contribution is 7.18. The second-order valence-corrected chi connectivity index (χ2v) is 6.51. The number of aromatic nitrogens is 1. The van der Waals surface area contributed by atoms with E-state index >= 15 is 0 Å². The zero-order valence-corrected chi connectivity index (χ0v) is 13.7. The van der Waals surface area contributed by atoms with Gasteiger partial charge in [-0.2, -0.15) is 0 Å². The van der Waals surface area contributed by atoms with Gasteiger partial charge >= 0.3 is 6.03 Å². The molecule has 0 saturated carbocycles. The minimum Gasteiger partial charge on any atom is -0.352 e. The normalized spacial score (nSPS) is 13.6. The first kappa shape index (κ1) is 16.2. The molecule has 1 aromatic heterocycles. The number of benzene rings is 1. The summed E-state index contributed by atoms with van der Waals surface area (Å²) in [6, 6.07) is 4.21. The standard InChI is InChI=1S/C15H20N4O2S/c1-4-8(2)13(19-15(16)21)14(20)18-10-5-6-11-12(7-10)22-9(3)17-11/h5-8,13H,4H2,1-3H3,(H,18,20)(H3,16,19,21)/t8-,13+/m0/s1. The van der Waals surface area contributed by atoms with Gasteiger partial charge in [-0.25, -0.2) is 9.78 Å². The van der Waals surface area contributed by atoms with Crippen LogP contribution in [0, 0.1) is 12.8 Å². The van der Waals surface area contributed by atoms with Crippen LogP contribution < -0.4 is 16.4 Å². The number of carbonyl (C=O) groups is 2. The average molecular weight is 320 g/mol. The summed E-state index contributed by atoms with van der Waals surface area (Å²) >= 11 is 1.57. The lowest BCUT2D eigenvalue weighted by atomic mass is 9.98. The Bertz CT molecular complexity index is 698. The van der Waals surface area contributed by atoms with Gasteiger partial charge in [-0.3, -0.25) is 4.79 Å². The smallest absolute Gasteiger partial charge is 0.312 e. The number of amides is 3. The van der Waals surface area contributed by atoms with Crippen molar-refractivity contribution in [1.82, 2.24) is 10.3 Å². The zero-order chi connectivity index (χ0) is 16.3. The van der Waals surface area contributed by atoms with Gasteiger partial charge in [0.1, 0.15) is 6.04 Å². The highest BCUT2D eigenvalue weighted by Crippen LogP contribution is 2.25. The molecule has 118 valence electrons. The fourth-order valence-electron chi connectivity index (χ4n) is 2.19. The molecule has 0 unspecified atom stereocenters. The summed E-state index contributed by atoms with van der Waals surface area (Å²) in [6.45, 7) is 5.80. The SMILES string of the molecule is CC[C@H](C)[C@@H](NC(N)=O)C(=O)Nc1ccc2nc(C)sc2c1. The van der Waals surface area contributed by atoms with Crippen molar-refractivity contribution in [3.8, 4) is 0 Å². The van der Waals surface area contributed by atoms with Crippen LogP contribution in [0.25, 0.3) is 10.2 Å². The predicted octanol–water partition coefficient (Wildman–Crippen LogP) is 2.63. The van der Waals surface area contributed by atoms with E-state index in [9.17, 15) is 9.59 Å². The minimum atomic E-state index is -0.700. The number of nitrogens with zero attached hydrogens (tertiary/aromatic N) is 1. The van der Waals surface area contributed by atoms with Crippen LogP contribution in [0.1, 0.15) is 25.3 Å². The van der Waals surface area contributed by atoms with Crippen molar-refractivity contribution >= 4 is 39.2 Å². The molecule has 2 atom stereocenters. The Hall–Kier alpha value is -2.15. The predicted molar refractivity (Wildman–Crippen MR) is 88.9 cm³/mol. The van der Waals surface area contributed by atoms with Crippen molar-refractivity contribution < 1.29 is 9.59 Å². The van der Waals surface area contributed by atoms with E-state index in [2.05, 4.69) is 15.6 Å². The first-order valence-corrected chi connectivity index (χ1v) is 7.96. The molecule has 0 radical (unpaired) electrons. The van der Waals surface area contributed by atoms with E-state index in [-0.39, 0.29) is 11.8 Å². The number of hydrogen-bond donors (Lipinski definition) is 3. The number of nitrogens with two attached hydrogens (primary N) is 1. The lowest BCUT2D eigenvalue weighted by Crippen LogP contribution is -2.49. The molecule has 1 aromatic carbocycles. The number of primary amides is 1. The lowest BCUT2D eigenvalue weighted by Gasteiger charge is -2.22. The van der Waals surface area contributed by atoms with Crippen LogP contribution in [0.5, 0.6) is 0 Å². The molecule has 0 aliphatic rings. The summed E-state index contributed by atoms with van der Waals surface area (Å²) < 4.78 is 1.01. The molecule has 2 rings (SSSR count). The zero-order valence-electron chi connectivity index (χ0n) is 12.8. The van der Waals surface area contributed by atoms with Crippen molar-refractivity contribution in [2.75, 3.05) is 5.32 Å². The van der Waals surface area contributed by atoms with Crippen molar-refractivity contribution in [3.05, 3.63) is 23.2 Å². The maximum Gasteiger partial charge on any atom is 0.312 e. The molecule has 0 aliphatic carbocycles. The molecular formula is C15H20N4O2S. The lowest BCUT2D eigenvalue weighted by molar-refractivity contribution is -0.119. The fourth-order valence-corrected chi connectivity index (χ4v) is 3.06. The molecule has 4 N–H and O–H groups in total. The Morgan fingerprint density at radius 3 is 2.77 bits per heavy atom. The van der Waals surface area contributed by atoms with E-state index in [1.54, 1.807) is 17.4 Å². The van der Waals surface area contributed by atoms with Crippen LogP contribution in [-0.4, -0.2) is 23.0 Å². The number of rotatable bonds is 5. The highest BCUT2D eigenvalue weighted by Gasteiger charge is 2.25. The quantitative estimate of drug-likeness (QED) is 0.790. The number of aryl methyl sites for hydroxylation is 1. The van der Waals surface area contributed by atoms with Gasteiger partial charge in [-0.15, -0.1) is 11.3 Å². The van der Waals surface area contributed by atoms with Crippen LogP contribution in [0.2, 0.25) is 0 Å². The van der Waals surface area contributed by atoms with Crippen LogP contribution in [0.3, 0.4) is 0 Å². The molecule has 0 aliphatic heterocycles. The summed E-state index contributed by atoms with van der Waals surface area (Å²) in [5, 5.41) is 6.32. The van der Waals surface area contributed by atoms with Crippen molar-refractivity contribution in [2.45, 2.75) is 33.2 Å². The third-order valence-electron chi connectivity index (χ3n) is 3.56. The van der Waals surface area contributed by atoms with Crippen molar-refractivity contribution in [1.29, 1.82) is 0 Å². The van der Waals surface area contributed by atoms with Gasteiger partial charge in [-0.1, -0.05) is 20.3 Å². The molecule has 2 aromatic rings. The van der Waals surface area contributed by atoms with Gasteiger partial charge in [0.15, 0.2) is 0 Å². The molecule has 1 heterocycles. The Balaban J connectivity index is 2.17. The fraction of sp³-hybridized carbons (Fsp3) is 0.400. The van der Waals surface area contributed by atoms with Crippen LogP contribution in [-0.2, 0) is 4.79 Å². The van der Waals surface area contributed by atoms with Crippen molar-refractivity contribution in [3.63, 3.8) is 0 Å². The Morgan fingerprint density at radius 1 is 1.41 bits per heavy atom. The first-order chi connectivity index (χ1) is 10.4. The number of anilines is 1. The van der Waals surface area contributed by atoms with E-state index in [1.807, 2.05) is 32.9 Å². The van der Waals surface area contributed by atoms with E-state index in [0.717, 1.165) is 21.6 Å². The number of hydrogen-bond acceptors (Lipinski definition) is 4. The monoisotopic (exact) mass is 320 g/mol. The van der Waals surface area contributed by atoms with Gasteiger partial charge in [0, 0.05) is 5.69 Å². The van der Waals surface area contributed by atoms with Gasteiger partial charge in [-0.05, 0) is 31.0 Å². The average Bonchev–Trinajstić information content (AvgIpc) is 2.83. The minimum absolute atomic E-state index is 0.0121. The number of urea groups is 1. The Morgan fingerprint density at radius 2 is 2.14 bits per heavy atom. The molecular weight excluding hydrogens is 300 g/mol. The molecule has 0 fully saturated rings. The van der Waals surface area contributed by atoms with Crippen LogP contribution in [0.15, 0.2) is 18.2 Å². The van der Waals surface area contributed by atoms with Crippen molar-refractivity contribution in [2.24, 2.45) is 11.7 Å². The Labute approximate surface area is 133 Å². The summed E-state index contributed by atoms with van der Waals surface area (Å²) in [6.07, 6.45) is 0.755. The van der Waals surface area contributed by atoms with Gasteiger partial charge in [0.2, 0.25) is 5.91 Å². The van der Waals surface area contributed by atoms with Gasteiger partial charge < -0.3 is 16.4 Å². The number of thiazole rings is 1. The first-order valence-electron chi connectivity index (χ1n) is 7.14. The van der Waals surface area contributed by atoms with E-state index in [1.165, 1.54) is 0 Å². The summed E-state index contributed by atoms with van der Waals surface area (Å²) in [5.41, 5.74) is 6.75.